The van der Waals surface area contributed by atoms with Gasteiger partial charge in [-0.1, -0.05) is 6.07 Å². The summed E-state index contributed by atoms with van der Waals surface area (Å²) in [7, 11) is 0. The lowest BCUT2D eigenvalue weighted by atomic mass is 9.97. The third kappa shape index (κ3) is 4.82. The van der Waals surface area contributed by atoms with Crippen LogP contribution in [0.4, 0.5) is 0 Å². The molecule has 0 radical (unpaired) electrons. The molecule has 0 fully saturated rings. The van der Waals surface area contributed by atoms with E-state index in [0.717, 1.165) is 16.6 Å². The zero-order valence-electron chi connectivity index (χ0n) is 18.4. The van der Waals surface area contributed by atoms with Crippen LogP contribution in [0.3, 0.4) is 0 Å². The molecule has 2 N–H and O–H groups in total. The Bertz CT molecular complexity index is 1390. The smallest absolute Gasteiger partial charge is 0.251 e. The summed E-state index contributed by atoms with van der Waals surface area (Å²) < 4.78 is 7.80. The van der Waals surface area contributed by atoms with Gasteiger partial charge in [0.2, 0.25) is 0 Å². The maximum absolute atomic E-state index is 12.8. The lowest BCUT2D eigenvalue weighted by Gasteiger charge is -2.18. The van der Waals surface area contributed by atoms with Gasteiger partial charge in [-0.05, 0) is 61.2 Å². The van der Waals surface area contributed by atoms with Crippen molar-refractivity contribution < 1.29 is 9.84 Å². The third-order valence-corrected chi connectivity index (χ3v) is 5.29. The Labute approximate surface area is 191 Å². The van der Waals surface area contributed by atoms with E-state index in [9.17, 15) is 9.90 Å². The first-order chi connectivity index (χ1) is 15.9. The van der Waals surface area contributed by atoms with Crippen LogP contribution in [-0.2, 0) is 13.2 Å². The fourth-order valence-electron chi connectivity index (χ4n) is 3.76. The normalized spacial score (nSPS) is 11.8. The van der Waals surface area contributed by atoms with Gasteiger partial charge in [0.05, 0.1) is 23.5 Å². The van der Waals surface area contributed by atoms with Crippen molar-refractivity contribution in [3.63, 3.8) is 0 Å². The summed E-state index contributed by atoms with van der Waals surface area (Å²) in [5.74, 6) is 0.493. The average Bonchev–Trinajstić information content (AvgIpc) is 2.81. The second-order valence-corrected chi connectivity index (χ2v) is 7.72. The number of aliphatic hydroxyl groups excluding tert-OH is 1. The Morgan fingerprint density at radius 3 is 2.52 bits per heavy atom. The molecule has 0 saturated carbocycles. The van der Waals surface area contributed by atoms with Crippen LogP contribution < -0.4 is 10.3 Å². The first-order valence-electron chi connectivity index (χ1n) is 10.5. The molecule has 166 valence electrons. The number of hydrogen-bond donors (Lipinski definition) is 2. The predicted molar refractivity (Wildman–Crippen MR) is 129 cm³/mol. The summed E-state index contributed by atoms with van der Waals surface area (Å²) in [6, 6.07) is 16.2. The first-order valence-corrected chi connectivity index (χ1v) is 10.5. The Balaban J connectivity index is 1.89. The molecule has 3 aromatic heterocycles. The minimum atomic E-state index is -0.154. The van der Waals surface area contributed by atoms with Crippen LogP contribution in [0.2, 0.25) is 0 Å². The minimum Gasteiger partial charge on any atom is -0.512 e. The summed E-state index contributed by atoms with van der Waals surface area (Å²) >= 11 is 0. The topological polar surface area (TPSA) is 101 Å². The highest BCUT2D eigenvalue weighted by molar-refractivity contribution is 6.22. The fraction of sp³-hybridized carbons (Fsp3) is 0.154. The number of aromatic nitrogens is 3. The number of benzene rings is 1. The molecule has 0 aliphatic rings. The van der Waals surface area contributed by atoms with Crippen LogP contribution in [0.25, 0.3) is 16.5 Å². The van der Waals surface area contributed by atoms with Crippen LogP contribution in [0.1, 0.15) is 30.7 Å². The Morgan fingerprint density at radius 2 is 1.85 bits per heavy atom. The molecule has 33 heavy (non-hydrogen) atoms. The molecule has 7 heteroatoms. The Hall–Kier alpha value is -4.26. The van der Waals surface area contributed by atoms with Gasteiger partial charge in [0.15, 0.2) is 0 Å². The number of hydrogen-bond acceptors (Lipinski definition) is 6. The van der Waals surface area contributed by atoms with Crippen molar-refractivity contribution in [2.24, 2.45) is 0 Å². The van der Waals surface area contributed by atoms with Crippen LogP contribution >= 0.6 is 0 Å². The van der Waals surface area contributed by atoms with Crippen molar-refractivity contribution in [1.29, 1.82) is 5.41 Å². The number of rotatable bonds is 7. The van der Waals surface area contributed by atoms with Gasteiger partial charge in [-0.3, -0.25) is 14.8 Å². The molecule has 3 heterocycles. The Kier molecular flexibility index (Phi) is 6.31. The second kappa shape index (κ2) is 9.48. The molecular formula is C26H24N4O3. The molecule has 1 aromatic carbocycles. The molecule has 0 aliphatic carbocycles. The van der Waals surface area contributed by atoms with E-state index in [0.29, 0.717) is 28.9 Å². The second-order valence-electron chi connectivity index (χ2n) is 7.72. The van der Waals surface area contributed by atoms with Gasteiger partial charge >= 0.3 is 0 Å². The molecule has 0 unspecified atom stereocenters. The number of pyridine rings is 3. The summed E-state index contributed by atoms with van der Waals surface area (Å²) in [6.45, 7) is 3.75. The highest BCUT2D eigenvalue weighted by Crippen LogP contribution is 2.33. The van der Waals surface area contributed by atoms with Crippen molar-refractivity contribution in [3.8, 4) is 5.75 Å². The maximum atomic E-state index is 12.8. The van der Waals surface area contributed by atoms with Gasteiger partial charge in [0, 0.05) is 47.6 Å². The zero-order valence-corrected chi connectivity index (χ0v) is 18.4. The molecule has 4 aromatic rings. The molecule has 0 atom stereocenters. The summed E-state index contributed by atoms with van der Waals surface area (Å²) in [5, 5.41) is 19.3. The highest BCUT2D eigenvalue weighted by atomic mass is 16.5. The van der Waals surface area contributed by atoms with Crippen molar-refractivity contribution in [2.75, 3.05) is 0 Å². The van der Waals surface area contributed by atoms with Crippen molar-refractivity contribution >= 4 is 22.2 Å². The van der Waals surface area contributed by atoms with Gasteiger partial charge in [-0.2, -0.15) is 0 Å². The molecule has 0 spiro atoms. The lowest BCUT2D eigenvalue weighted by Crippen LogP contribution is -2.20. The van der Waals surface area contributed by atoms with Gasteiger partial charge in [0.25, 0.3) is 5.56 Å². The van der Waals surface area contributed by atoms with Gasteiger partial charge in [0.1, 0.15) is 12.4 Å². The minimum absolute atomic E-state index is 0.0254. The average molecular weight is 441 g/mol. The monoisotopic (exact) mass is 440 g/mol. The van der Waals surface area contributed by atoms with Crippen molar-refractivity contribution in [3.05, 3.63) is 106 Å². The number of aliphatic hydroxyl groups is 1. The van der Waals surface area contributed by atoms with E-state index in [1.807, 2.05) is 36.4 Å². The van der Waals surface area contributed by atoms with Crippen LogP contribution in [0.15, 0.2) is 83.7 Å². The number of nitrogens with one attached hydrogen (secondary N) is 1. The molecule has 0 aliphatic heterocycles. The van der Waals surface area contributed by atoms with Gasteiger partial charge < -0.3 is 19.8 Å². The van der Waals surface area contributed by atoms with E-state index in [2.05, 4.69) is 9.97 Å². The largest absolute Gasteiger partial charge is 0.512 e. The van der Waals surface area contributed by atoms with E-state index in [-0.39, 0.29) is 23.6 Å². The van der Waals surface area contributed by atoms with E-state index < -0.39 is 0 Å². The predicted octanol–water partition coefficient (Wildman–Crippen LogP) is 4.75. The fourth-order valence-corrected chi connectivity index (χ4v) is 3.76. The standard InChI is InChI=1S/C26H24N4O3/c1-17(27)26(18(2)31)22-13-20-6-7-25(32)30(15-21-5-3-4-10-29-21)23(20)14-24(22)33-16-19-8-11-28-12-9-19/h3-14,27,31H,15-16H2,1-2H3/b26-18+,27-17?. The molecule has 0 saturated heterocycles. The molecule has 7 nitrogen and oxygen atoms in total. The maximum Gasteiger partial charge on any atom is 0.251 e. The van der Waals surface area contributed by atoms with Gasteiger partial charge in [-0.15, -0.1) is 0 Å². The van der Waals surface area contributed by atoms with E-state index in [4.69, 9.17) is 10.1 Å². The Morgan fingerprint density at radius 1 is 1.06 bits per heavy atom. The quantitative estimate of drug-likeness (QED) is 0.319. The van der Waals surface area contributed by atoms with E-state index in [1.54, 1.807) is 49.1 Å². The number of ether oxygens (including phenoxy) is 1. The van der Waals surface area contributed by atoms with Crippen molar-refractivity contribution in [2.45, 2.75) is 27.0 Å². The highest BCUT2D eigenvalue weighted by Gasteiger charge is 2.18. The van der Waals surface area contributed by atoms with Crippen molar-refractivity contribution in [1.82, 2.24) is 14.5 Å². The van der Waals surface area contributed by atoms with Crippen LogP contribution in [0.5, 0.6) is 5.75 Å². The molecule has 4 rings (SSSR count). The number of fused-ring (bicyclic) bond motifs is 1. The molecule has 0 amide bonds. The third-order valence-electron chi connectivity index (χ3n) is 5.29. The number of allylic oxidation sites excluding steroid dienone is 2. The molecule has 0 bridgehead atoms. The van der Waals surface area contributed by atoms with Crippen LogP contribution in [-0.4, -0.2) is 25.4 Å². The van der Waals surface area contributed by atoms with Crippen LogP contribution in [0, 0.1) is 5.41 Å². The first kappa shape index (κ1) is 22.0. The zero-order chi connectivity index (χ0) is 23.4. The summed E-state index contributed by atoms with van der Waals surface area (Å²) in [4.78, 5) is 21.1. The van der Waals surface area contributed by atoms with E-state index >= 15 is 0 Å². The summed E-state index contributed by atoms with van der Waals surface area (Å²) in [6.07, 6.45) is 5.08. The summed E-state index contributed by atoms with van der Waals surface area (Å²) in [5.41, 5.74) is 3.41. The number of nitrogens with zero attached hydrogens (tertiary/aromatic N) is 3. The van der Waals surface area contributed by atoms with E-state index in [1.165, 1.54) is 6.07 Å². The molecular weight excluding hydrogens is 416 g/mol. The SMILES string of the molecule is CC(=N)/C(=C(/C)O)c1cc2ccc(=O)n(Cc3ccccn3)c2cc1OCc1ccncc1. The van der Waals surface area contributed by atoms with Gasteiger partial charge in [-0.25, -0.2) is 0 Å². The lowest BCUT2D eigenvalue weighted by molar-refractivity contribution is 0.305.